The van der Waals surface area contributed by atoms with Crippen molar-refractivity contribution in [1.82, 2.24) is 0 Å². The lowest BCUT2D eigenvalue weighted by Gasteiger charge is -2.08. The number of phenols is 2. The molecular weight excluding hydrogens is 166 g/mol. The molecule has 1 aromatic carbocycles. The summed E-state index contributed by atoms with van der Waals surface area (Å²) >= 11 is 0. The first-order valence-corrected chi connectivity index (χ1v) is 4.12. The van der Waals surface area contributed by atoms with Gasteiger partial charge in [-0.2, -0.15) is 5.26 Å². The predicted molar refractivity (Wildman–Crippen MR) is 46.3 cm³/mol. The van der Waals surface area contributed by atoms with Gasteiger partial charge < -0.3 is 10.2 Å². The summed E-state index contributed by atoms with van der Waals surface area (Å²) in [7, 11) is 0. The molecule has 3 heteroatoms. The Bertz CT molecular complexity index is 388. The number of benzene rings is 1. The van der Waals surface area contributed by atoms with Gasteiger partial charge in [-0.3, -0.25) is 0 Å². The molecule has 0 aliphatic heterocycles. The van der Waals surface area contributed by atoms with Crippen LogP contribution in [0.4, 0.5) is 0 Å². The number of para-hydroxylation sites is 1. The molecule has 1 saturated carbocycles. The summed E-state index contributed by atoms with van der Waals surface area (Å²) < 4.78 is 0. The highest BCUT2D eigenvalue weighted by Crippen LogP contribution is 2.52. The fourth-order valence-electron chi connectivity index (χ4n) is 1.48. The lowest BCUT2D eigenvalue weighted by atomic mass is 9.96. The number of nitriles is 1. The van der Waals surface area contributed by atoms with Crippen molar-refractivity contribution >= 4 is 0 Å². The Labute approximate surface area is 75.9 Å². The maximum Gasteiger partial charge on any atom is 0.162 e. The average molecular weight is 175 g/mol. The monoisotopic (exact) mass is 175 g/mol. The van der Waals surface area contributed by atoms with Crippen LogP contribution < -0.4 is 0 Å². The third kappa shape index (κ3) is 1.03. The number of hydrogen-bond acceptors (Lipinski definition) is 3. The molecule has 0 amide bonds. The maximum atomic E-state index is 9.50. The second kappa shape index (κ2) is 2.40. The van der Waals surface area contributed by atoms with Crippen molar-refractivity contribution in [3.63, 3.8) is 0 Å². The summed E-state index contributed by atoms with van der Waals surface area (Å²) in [6.45, 7) is 0. The number of nitrogens with zero attached hydrogens (tertiary/aromatic N) is 1. The molecule has 0 unspecified atom stereocenters. The average Bonchev–Trinajstić information content (AvgIpc) is 2.90. The lowest BCUT2D eigenvalue weighted by molar-refractivity contribution is 0.397. The van der Waals surface area contributed by atoms with Gasteiger partial charge in [0.2, 0.25) is 0 Å². The Morgan fingerprint density at radius 1 is 1.31 bits per heavy atom. The SMILES string of the molecule is N#CC1(c2cccc(O)c2O)CC1. The standard InChI is InChI=1S/C10H9NO2/c11-6-10(4-5-10)7-2-1-3-8(12)9(7)13/h1-3,12-13H,4-5H2. The third-order valence-electron chi connectivity index (χ3n) is 2.49. The van der Waals surface area contributed by atoms with Gasteiger partial charge in [-0.15, -0.1) is 0 Å². The molecule has 0 radical (unpaired) electrons. The van der Waals surface area contributed by atoms with Crippen LogP contribution in [0.25, 0.3) is 0 Å². The Kier molecular flexibility index (Phi) is 1.46. The van der Waals surface area contributed by atoms with Crippen LogP contribution in [0.3, 0.4) is 0 Å². The first-order valence-electron chi connectivity index (χ1n) is 4.12. The van der Waals surface area contributed by atoms with Crippen molar-refractivity contribution < 1.29 is 10.2 Å². The molecule has 2 N–H and O–H groups in total. The Morgan fingerprint density at radius 3 is 2.54 bits per heavy atom. The molecule has 3 nitrogen and oxygen atoms in total. The van der Waals surface area contributed by atoms with Gasteiger partial charge in [-0.25, -0.2) is 0 Å². The number of hydrogen-bond donors (Lipinski definition) is 2. The molecule has 0 heterocycles. The Hall–Kier alpha value is -1.69. The largest absolute Gasteiger partial charge is 0.504 e. The van der Waals surface area contributed by atoms with E-state index < -0.39 is 5.41 Å². The highest BCUT2D eigenvalue weighted by molar-refractivity contribution is 5.53. The van der Waals surface area contributed by atoms with Gasteiger partial charge in [-0.05, 0) is 18.9 Å². The first kappa shape index (κ1) is 7.93. The summed E-state index contributed by atoms with van der Waals surface area (Å²) in [5.41, 5.74) is 0.0121. The van der Waals surface area contributed by atoms with Gasteiger partial charge in [0.1, 0.15) is 0 Å². The van der Waals surface area contributed by atoms with E-state index >= 15 is 0 Å². The highest BCUT2D eigenvalue weighted by atomic mass is 16.3. The minimum Gasteiger partial charge on any atom is -0.504 e. The van der Waals surface area contributed by atoms with Crippen molar-refractivity contribution in [3.05, 3.63) is 23.8 Å². The van der Waals surface area contributed by atoms with E-state index in [2.05, 4.69) is 6.07 Å². The van der Waals surface area contributed by atoms with Crippen molar-refractivity contribution in [3.8, 4) is 17.6 Å². The van der Waals surface area contributed by atoms with E-state index in [-0.39, 0.29) is 11.5 Å². The molecule has 1 fully saturated rings. The fraction of sp³-hybridized carbons (Fsp3) is 0.300. The predicted octanol–water partition coefficient (Wildman–Crippen LogP) is 1.65. The lowest BCUT2D eigenvalue weighted by Crippen LogP contribution is -2.02. The van der Waals surface area contributed by atoms with Crippen molar-refractivity contribution in [1.29, 1.82) is 5.26 Å². The van der Waals surface area contributed by atoms with Gasteiger partial charge in [0.05, 0.1) is 11.5 Å². The van der Waals surface area contributed by atoms with Crippen LogP contribution in [-0.2, 0) is 5.41 Å². The van der Waals surface area contributed by atoms with Crippen molar-refractivity contribution in [2.24, 2.45) is 0 Å². The summed E-state index contributed by atoms with van der Waals surface area (Å²) in [6, 6.07) is 6.90. The van der Waals surface area contributed by atoms with E-state index in [9.17, 15) is 10.2 Å². The van der Waals surface area contributed by atoms with Crippen LogP contribution in [0.5, 0.6) is 11.5 Å². The minimum atomic E-state index is -0.539. The van der Waals surface area contributed by atoms with Crippen LogP contribution in [0.1, 0.15) is 18.4 Å². The second-order valence-electron chi connectivity index (χ2n) is 3.37. The zero-order chi connectivity index (χ0) is 9.47. The topological polar surface area (TPSA) is 64.2 Å². The number of rotatable bonds is 1. The van der Waals surface area contributed by atoms with Crippen LogP contribution >= 0.6 is 0 Å². The third-order valence-corrected chi connectivity index (χ3v) is 2.49. The van der Waals surface area contributed by atoms with Crippen LogP contribution in [0.15, 0.2) is 18.2 Å². The minimum absolute atomic E-state index is 0.151. The van der Waals surface area contributed by atoms with Gasteiger partial charge >= 0.3 is 0 Å². The second-order valence-corrected chi connectivity index (χ2v) is 3.37. The van der Waals surface area contributed by atoms with E-state index in [0.29, 0.717) is 5.56 Å². The molecule has 0 atom stereocenters. The molecule has 13 heavy (non-hydrogen) atoms. The van der Waals surface area contributed by atoms with E-state index in [4.69, 9.17) is 5.26 Å². The van der Waals surface area contributed by atoms with Crippen LogP contribution in [-0.4, -0.2) is 10.2 Å². The van der Waals surface area contributed by atoms with Crippen molar-refractivity contribution in [2.75, 3.05) is 0 Å². The van der Waals surface area contributed by atoms with Crippen LogP contribution in [0, 0.1) is 11.3 Å². The van der Waals surface area contributed by atoms with Gasteiger partial charge in [0.25, 0.3) is 0 Å². The quantitative estimate of drug-likeness (QED) is 0.638. The highest BCUT2D eigenvalue weighted by Gasteiger charge is 2.47. The van der Waals surface area contributed by atoms with E-state index in [1.54, 1.807) is 12.1 Å². The fourth-order valence-corrected chi connectivity index (χ4v) is 1.48. The zero-order valence-electron chi connectivity index (χ0n) is 6.99. The molecule has 0 saturated heterocycles. The number of phenolic OH excluding ortho intramolecular Hbond substituents is 2. The van der Waals surface area contributed by atoms with E-state index in [1.807, 2.05) is 0 Å². The molecule has 0 spiro atoms. The molecular formula is C10H9NO2. The summed E-state index contributed by atoms with van der Waals surface area (Å²) in [6.07, 6.45) is 1.53. The molecule has 1 aliphatic rings. The Morgan fingerprint density at radius 2 is 2.00 bits per heavy atom. The van der Waals surface area contributed by atoms with E-state index in [1.165, 1.54) is 6.07 Å². The molecule has 1 aromatic rings. The zero-order valence-corrected chi connectivity index (χ0v) is 6.99. The van der Waals surface area contributed by atoms with Crippen LogP contribution in [0.2, 0.25) is 0 Å². The smallest absolute Gasteiger partial charge is 0.162 e. The van der Waals surface area contributed by atoms with E-state index in [0.717, 1.165) is 12.8 Å². The van der Waals surface area contributed by atoms with Gasteiger partial charge in [0.15, 0.2) is 11.5 Å². The van der Waals surface area contributed by atoms with Gasteiger partial charge in [-0.1, -0.05) is 12.1 Å². The summed E-state index contributed by atoms with van der Waals surface area (Å²) in [5, 5.41) is 27.6. The number of aromatic hydroxyl groups is 2. The summed E-state index contributed by atoms with van der Waals surface area (Å²) in [5.74, 6) is -0.305. The summed E-state index contributed by atoms with van der Waals surface area (Å²) in [4.78, 5) is 0. The normalized spacial score (nSPS) is 17.8. The molecule has 66 valence electrons. The molecule has 2 rings (SSSR count). The van der Waals surface area contributed by atoms with Gasteiger partial charge in [0, 0.05) is 5.56 Å². The Balaban J connectivity index is 2.54. The van der Waals surface area contributed by atoms with Crippen molar-refractivity contribution in [2.45, 2.75) is 18.3 Å². The molecule has 1 aliphatic carbocycles. The molecule has 0 aromatic heterocycles. The first-order chi connectivity index (χ1) is 6.19. The molecule has 0 bridgehead atoms. The maximum absolute atomic E-state index is 9.50.